The van der Waals surface area contributed by atoms with Gasteiger partial charge in [-0.15, -0.1) is 0 Å². The van der Waals surface area contributed by atoms with Gasteiger partial charge in [0.05, 0.1) is 0 Å². The fourth-order valence-electron chi connectivity index (χ4n) is 2.92. The van der Waals surface area contributed by atoms with Crippen molar-refractivity contribution < 1.29 is 0 Å². The van der Waals surface area contributed by atoms with Gasteiger partial charge in [-0.25, -0.2) is 0 Å². The zero-order valence-electron chi connectivity index (χ0n) is 14.9. The molecule has 0 aromatic rings. The van der Waals surface area contributed by atoms with E-state index in [0.717, 1.165) is 45.2 Å². The van der Waals surface area contributed by atoms with Gasteiger partial charge in [-0.1, -0.05) is 13.8 Å². The molecule has 0 bridgehead atoms. The maximum Gasteiger partial charge on any atom is 0.193 e. The average molecular weight is 297 g/mol. The van der Waals surface area contributed by atoms with Crippen molar-refractivity contribution in [2.45, 2.75) is 52.6 Å². The first kappa shape index (κ1) is 18.2. The first-order valence-corrected chi connectivity index (χ1v) is 8.36. The third-order valence-corrected chi connectivity index (χ3v) is 4.07. The molecule has 0 spiro atoms. The van der Waals surface area contributed by atoms with Gasteiger partial charge in [-0.3, -0.25) is 9.89 Å². The van der Waals surface area contributed by atoms with Crippen molar-refractivity contribution in [3.63, 3.8) is 0 Å². The van der Waals surface area contributed by atoms with E-state index in [9.17, 15) is 0 Å². The third kappa shape index (κ3) is 6.22. The van der Waals surface area contributed by atoms with Crippen LogP contribution < -0.4 is 10.6 Å². The van der Waals surface area contributed by atoms with E-state index in [4.69, 9.17) is 0 Å². The minimum atomic E-state index is 0.173. The van der Waals surface area contributed by atoms with E-state index in [-0.39, 0.29) is 5.54 Å². The SMILES string of the molecule is CCN(CC)C1CCN(C(=NC)NCCNC(C)(C)C)C1. The number of guanidine groups is 1. The first-order valence-electron chi connectivity index (χ1n) is 8.36. The van der Waals surface area contributed by atoms with Gasteiger partial charge in [0.2, 0.25) is 0 Å². The number of nitrogens with one attached hydrogen (secondary N) is 2. The number of likely N-dealkylation sites (tertiary alicyclic amines) is 1. The summed E-state index contributed by atoms with van der Waals surface area (Å²) in [5.41, 5.74) is 0.173. The van der Waals surface area contributed by atoms with Crippen LogP contribution in [0.2, 0.25) is 0 Å². The Morgan fingerprint density at radius 1 is 1.24 bits per heavy atom. The second kappa shape index (κ2) is 8.59. The summed E-state index contributed by atoms with van der Waals surface area (Å²) in [6.07, 6.45) is 1.24. The van der Waals surface area contributed by atoms with Crippen LogP contribution in [-0.4, -0.2) is 73.7 Å². The van der Waals surface area contributed by atoms with Crippen molar-refractivity contribution in [2.24, 2.45) is 4.99 Å². The second-order valence-corrected chi connectivity index (χ2v) is 6.76. The van der Waals surface area contributed by atoms with Gasteiger partial charge >= 0.3 is 0 Å². The van der Waals surface area contributed by atoms with Gasteiger partial charge in [0.15, 0.2) is 5.96 Å². The predicted molar refractivity (Wildman–Crippen MR) is 92.0 cm³/mol. The number of likely N-dealkylation sites (N-methyl/N-ethyl adjacent to an activating group) is 1. The maximum atomic E-state index is 4.43. The van der Waals surface area contributed by atoms with Gasteiger partial charge in [-0.2, -0.15) is 0 Å². The molecule has 1 heterocycles. The standard InChI is InChI=1S/C16H35N5/c1-7-20(8-2)14-9-12-21(13-14)15(17-6)18-10-11-19-16(3,4)5/h14,19H,7-13H2,1-6H3,(H,17,18). The Morgan fingerprint density at radius 3 is 2.43 bits per heavy atom. The van der Waals surface area contributed by atoms with Crippen LogP contribution in [0.4, 0.5) is 0 Å². The van der Waals surface area contributed by atoms with Crippen LogP contribution in [0.3, 0.4) is 0 Å². The highest BCUT2D eigenvalue weighted by Gasteiger charge is 2.27. The van der Waals surface area contributed by atoms with E-state index >= 15 is 0 Å². The fourth-order valence-corrected chi connectivity index (χ4v) is 2.92. The largest absolute Gasteiger partial charge is 0.355 e. The summed E-state index contributed by atoms with van der Waals surface area (Å²) in [7, 11) is 1.88. The van der Waals surface area contributed by atoms with E-state index in [0.29, 0.717) is 6.04 Å². The Kier molecular flexibility index (Phi) is 7.46. The molecule has 0 saturated carbocycles. The first-order chi connectivity index (χ1) is 9.91. The molecule has 0 amide bonds. The van der Waals surface area contributed by atoms with E-state index in [1.165, 1.54) is 6.42 Å². The second-order valence-electron chi connectivity index (χ2n) is 6.76. The Bertz CT molecular complexity index is 317. The van der Waals surface area contributed by atoms with Crippen molar-refractivity contribution in [1.82, 2.24) is 20.4 Å². The van der Waals surface area contributed by atoms with E-state index in [1.54, 1.807) is 0 Å². The summed E-state index contributed by atoms with van der Waals surface area (Å²) in [6, 6.07) is 0.672. The van der Waals surface area contributed by atoms with Crippen molar-refractivity contribution in [3.8, 4) is 0 Å². The molecule has 1 saturated heterocycles. The van der Waals surface area contributed by atoms with E-state index in [2.05, 4.69) is 60.0 Å². The summed E-state index contributed by atoms with van der Waals surface area (Å²) in [6.45, 7) is 17.4. The lowest BCUT2D eigenvalue weighted by atomic mass is 10.1. The highest BCUT2D eigenvalue weighted by atomic mass is 15.3. The molecule has 1 aliphatic rings. The Hall–Kier alpha value is -0.810. The van der Waals surface area contributed by atoms with Crippen LogP contribution in [-0.2, 0) is 0 Å². The Morgan fingerprint density at radius 2 is 1.90 bits per heavy atom. The van der Waals surface area contributed by atoms with Crippen LogP contribution >= 0.6 is 0 Å². The quantitative estimate of drug-likeness (QED) is 0.441. The molecule has 1 unspecified atom stereocenters. The molecular weight excluding hydrogens is 262 g/mol. The molecule has 0 radical (unpaired) electrons. The lowest BCUT2D eigenvalue weighted by Crippen LogP contribution is -2.46. The topological polar surface area (TPSA) is 42.9 Å². The minimum absolute atomic E-state index is 0.173. The molecular formula is C16H35N5. The minimum Gasteiger partial charge on any atom is -0.355 e. The van der Waals surface area contributed by atoms with Crippen molar-refractivity contribution in [3.05, 3.63) is 0 Å². The zero-order chi connectivity index (χ0) is 15.9. The average Bonchev–Trinajstić information content (AvgIpc) is 2.88. The number of nitrogens with zero attached hydrogens (tertiary/aromatic N) is 3. The summed E-state index contributed by atoms with van der Waals surface area (Å²) in [5.74, 6) is 1.04. The van der Waals surface area contributed by atoms with Crippen LogP contribution in [0.5, 0.6) is 0 Å². The van der Waals surface area contributed by atoms with Crippen molar-refractivity contribution >= 4 is 5.96 Å². The molecule has 1 fully saturated rings. The van der Waals surface area contributed by atoms with Gasteiger partial charge in [0, 0.05) is 44.8 Å². The number of hydrogen-bond donors (Lipinski definition) is 2. The Balaban J connectivity index is 2.37. The molecule has 2 N–H and O–H groups in total. The van der Waals surface area contributed by atoms with Gasteiger partial charge in [0.25, 0.3) is 0 Å². The zero-order valence-corrected chi connectivity index (χ0v) is 14.9. The molecule has 0 aliphatic carbocycles. The van der Waals surface area contributed by atoms with Crippen molar-refractivity contribution in [2.75, 3.05) is 46.3 Å². The van der Waals surface area contributed by atoms with Gasteiger partial charge in [-0.05, 0) is 40.3 Å². The molecule has 5 heteroatoms. The summed E-state index contributed by atoms with van der Waals surface area (Å²) < 4.78 is 0. The highest BCUT2D eigenvalue weighted by molar-refractivity contribution is 5.80. The smallest absolute Gasteiger partial charge is 0.193 e. The van der Waals surface area contributed by atoms with Gasteiger partial charge in [0.1, 0.15) is 0 Å². The lowest BCUT2D eigenvalue weighted by Gasteiger charge is -2.27. The van der Waals surface area contributed by atoms with Crippen molar-refractivity contribution in [1.29, 1.82) is 0 Å². The van der Waals surface area contributed by atoms with Gasteiger partial charge < -0.3 is 15.5 Å². The highest BCUT2D eigenvalue weighted by Crippen LogP contribution is 2.15. The Labute approximate surface area is 131 Å². The normalized spacial score (nSPS) is 20.4. The summed E-state index contributed by atoms with van der Waals surface area (Å²) >= 11 is 0. The molecule has 0 aromatic heterocycles. The van der Waals surface area contributed by atoms with Crippen LogP contribution in [0.1, 0.15) is 41.0 Å². The van der Waals surface area contributed by atoms with E-state index in [1.807, 2.05) is 7.05 Å². The van der Waals surface area contributed by atoms with Crippen LogP contribution in [0.25, 0.3) is 0 Å². The summed E-state index contributed by atoms with van der Waals surface area (Å²) in [5, 5.41) is 6.97. The number of hydrogen-bond acceptors (Lipinski definition) is 3. The number of aliphatic imine (C=N–C) groups is 1. The third-order valence-electron chi connectivity index (χ3n) is 4.07. The molecule has 0 aromatic carbocycles. The molecule has 1 aliphatic heterocycles. The predicted octanol–water partition coefficient (Wildman–Crippen LogP) is 1.37. The molecule has 124 valence electrons. The molecule has 1 rings (SSSR count). The molecule has 5 nitrogen and oxygen atoms in total. The maximum absolute atomic E-state index is 4.43. The lowest BCUT2D eigenvalue weighted by molar-refractivity contribution is 0.223. The van der Waals surface area contributed by atoms with E-state index < -0.39 is 0 Å². The van der Waals surface area contributed by atoms with Crippen LogP contribution in [0.15, 0.2) is 4.99 Å². The summed E-state index contributed by atoms with van der Waals surface area (Å²) in [4.78, 5) is 9.37. The number of rotatable bonds is 6. The monoisotopic (exact) mass is 297 g/mol. The fraction of sp³-hybridized carbons (Fsp3) is 0.938. The molecule has 21 heavy (non-hydrogen) atoms. The van der Waals surface area contributed by atoms with Crippen LogP contribution in [0, 0.1) is 0 Å². The molecule has 1 atom stereocenters.